The van der Waals surface area contributed by atoms with Crippen molar-refractivity contribution in [2.45, 2.75) is 6.54 Å². The molecule has 5 nitrogen and oxygen atoms in total. The SMILES string of the molecule is N#Cc1ccncc1C(=O)NCc1ccncc1. The smallest absolute Gasteiger partial charge is 0.254 e. The first kappa shape index (κ1) is 11.7. The number of rotatable bonds is 3. The molecule has 0 aromatic carbocycles. The lowest BCUT2D eigenvalue weighted by molar-refractivity contribution is 0.0950. The van der Waals surface area contributed by atoms with E-state index >= 15 is 0 Å². The highest BCUT2D eigenvalue weighted by Crippen LogP contribution is 2.05. The zero-order chi connectivity index (χ0) is 12.8. The normalized spacial score (nSPS) is 9.50. The fourth-order valence-electron chi connectivity index (χ4n) is 1.45. The third-order valence-corrected chi connectivity index (χ3v) is 2.39. The van der Waals surface area contributed by atoms with Gasteiger partial charge in [-0.2, -0.15) is 5.26 Å². The number of carbonyl (C=O) groups excluding carboxylic acids is 1. The predicted molar refractivity (Wildman–Crippen MR) is 64.4 cm³/mol. The van der Waals surface area contributed by atoms with Crippen LogP contribution in [0, 0.1) is 11.3 Å². The minimum atomic E-state index is -0.309. The Balaban J connectivity index is 2.07. The molecule has 0 unspecified atom stereocenters. The number of nitrogens with zero attached hydrogens (tertiary/aromatic N) is 3. The summed E-state index contributed by atoms with van der Waals surface area (Å²) in [4.78, 5) is 19.6. The molecule has 0 radical (unpaired) electrons. The van der Waals surface area contributed by atoms with Crippen LogP contribution in [0.4, 0.5) is 0 Å². The van der Waals surface area contributed by atoms with Crippen LogP contribution in [0.2, 0.25) is 0 Å². The summed E-state index contributed by atoms with van der Waals surface area (Å²) < 4.78 is 0. The third-order valence-electron chi connectivity index (χ3n) is 2.39. The molecular weight excluding hydrogens is 228 g/mol. The van der Waals surface area contributed by atoms with E-state index < -0.39 is 0 Å². The summed E-state index contributed by atoms with van der Waals surface area (Å²) in [7, 11) is 0. The van der Waals surface area contributed by atoms with Gasteiger partial charge in [0.05, 0.1) is 11.1 Å². The largest absolute Gasteiger partial charge is 0.348 e. The minimum absolute atomic E-state index is 0.286. The van der Waals surface area contributed by atoms with Gasteiger partial charge in [0.25, 0.3) is 5.91 Å². The Morgan fingerprint density at radius 3 is 2.67 bits per heavy atom. The van der Waals surface area contributed by atoms with Gasteiger partial charge < -0.3 is 5.32 Å². The van der Waals surface area contributed by atoms with E-state index in [9.17, 15) is 4.79 Å². The summed E-state index contributed by atoms with van der Waals surface area (Å²) in [5.41, 5.74) is 1.55. The lowest BCUT2D eigenvalue weighted by Gasteiger charge is -2.05. The Labute approximate surface area is 104 Å². The van der Waals surface area contributed by atoms with Gasteiger partial charge in [0.2, 0.25) is 0 Å². The Morgan fingerprint density at radius 2 is 1.94 bits per heavy atom. The lowest BCUT2D eigenvalue weighted by atomic mass is 10.1. The van der Waals surface area contributed by atoms with Crippen LogP contribution >= 0.6 is 0 Å². The van der Waals surface area contributed by atoms with Crippen molar-refractivity contribution in [3.05, 3.63) is 59.7 Å². The maximum Gasteiger partial charge on any atom is 0.254 e. The highest BCUT2D eigenvalue weighted by Gasteiger charge is 2.10. The van der Waals surface area contributed by atoms with Gasteiger partial charge in [-0.15, -0.1) is 0 Å². The van der Waals surface area contributed by atoms with Gasteiger partial charge in [-0.1, -0.05) is 0 Å². The highest BCUT2D eigenvalue weighted by atomic mass is 16.1. The minimum Gasteiger partial charge on any atom is -0.348 e. The fourth-order valence-corrected chi connectivity index (χ4v) is 1.45. The van der Waals surface area contributed by atoms with Crippen LogP contribution in [0.25, 0.3) is 0 Å². The fraction of sp³-hybridized carbons (Fsp3) is 0.0769. The molecular formula is C13H10N4O. The molecule has 0 saturated carbocycles. The first-order valence-electron chi connectivity index (χ1n) is 5.32. The Kier molecular flexibility index (Phi) is 3.62. The summed E-state index contributed by atoms with van der Waals surface area (Å²) in [5.74, 6) is -0.309. The summed E-state index contributed by atoms with van der Waals surface area (Å²) in [6.45, 7) is 0.390. The van der Waals surface area contributed by atoms with Crippen molar-refractivity contribution in [3.63, 3.8) is 0 Å². The molecule has 2 aromatic heterocycles. The number of nitrogens with one attached hydrogen (secondary N) is 1. The molecule has 2 aromatic rings. The van der Waals surface area contributed by atoms with Crippen LogP contribution in [0.15, 0.2) is 43.0 Å². The molecule has 0 fully saturated rings. The molecule has 18 heavy (non-hydrogen) atoms. The molecule has 0 atom stereocenters. The summed E-state index contributed by atoms with van der Waals surface area (Å²) in [5, 5.41) is 11.6. The van der Waals surface area contributed by atoms with Gasteiger partial charge in [0, 0.05) is 31.3 Å². The number of carbonyl (C=O) groups is 1. The van der Waals surface area contributed by atoms with E-state index in [4.69, 9.17) is 5.26 Å². The molecule has 0 bridgehead atoms. The van der Waals surface area contributed by atoms with Crippen LogP contribution in [-0.2, 0) is 6.54 Å². The first-order valence-corrected chi connectivity index (χ1v) is 5.32. The van der Waals surface area contributed by atoms with E-state index in [0.29, 0.717) is 12.1 Å². The molecule has 0 aliphatic heterocycles. The van der Waals surface area contributed by atoms with Gasteiger partial charge in [-0.05, 0) is 23.8 Å². The van der Waals surface area contributed by atoms with Crippen LogP contribution in [0.1, 0.15) is 21.5 Å². The highest BCUT2D eigenvalue weighted by molar-refractivity contribution is 5.96. The standard InChI is InChI=1S/C13H10N4O/c14-7-11-3-6-16-9-12(11)13(18)17-8-10-1-4-15-5-2-10/h1-6,9H,8H2,(H,17,18). The second kappa shape index (κ2) is 5.55. The molecule has 2 rings (SSSR count). The Bertz CT molecular complexity index is 589. The number of hydrogen-bond acceptors (Lipinski definition) is 4. The average Bonchev–Trinajstić information content (AvgIpc) is 2.45. The van der Waals surface area contributed by atoms with Crippen LogP contribution in [0.3, 0.4) is 0 Å². The van der Waals surface area contributed by atoms with Crippen molar-refractivity contribution in [2.75, 3.05) is 0 Å². The maximum atomic E-state index is 11.9. The van der Waals surface area contributed by atoms with Crippen molar-refractivity contribution < 1.29 is 4.79 Å². The molecule has 1 amide bonds. The summed E-state index contributed by atoms with van der Waals surface area (Å²) >= 11 is 0. The van der Waals surface area contributed by atoms with Crippen molar-refractivity contribution in [1.82, 2.24) is 15.3 Å². The van der Waals surface area contributed by atoms with Gasteiger partial charge in [-0.25, -0.2) is 0 Å². The molecule has 0 spiro atoms. The van der Waals surface area contributed by atoms with Crippen LogP contribution in [-0.4, -0.2) is 15.9 Å². The van der Waals surface area contributed by atoms with Gasteiger partial charge >= 0.3 is 0 Å². The van der Waals surface area contributed by atoms with E-state index in [2.05, 4.69) is 15.3 Å². The zero-order valence-corrected chi connectivity index (χ0v) is 9.50. The van der Waals surface area contributed by atoms with Crippen molar-refractivity contribution in [2.24, 2.45) is 0 Å². The quantitative estimate of drug-likeness (QED) is 0.873. The first-order chi connectivity index (χ1) is 8.81. The number of amides is 1. The Hall–Kier alpha value is -2.74. The van der Waals surface area contributed by atoms with Crippen LogP contribution in [0.5, 0.6) is 0 Å². The van der Waals surface area contributed by atoms with Gasteiger partial charge in [0.15, 0.2) is 0 Å². The van der Waals surface area contributed by atoms with Crippen molar-refractivity contribution in [1.29, 1.82) is 5.26 Å². The Morgan fingerprint density at radius 1 is 1.22 bits per heavy atom. The predicted octanol–water partition coefficient (Wildman–Crippen LogP) is 1.28. The van der Waals surface area contributed by atoms with Gasteiger partial charge in [-0.3, -0.25) is 14.8 Å². The van der Waals surface area contributed by atoms with Crippen LogP contribution < -0.4 is 5.32 Å². The zero-order valence-electron chi connectivity index (χ0n) is 9.50. The number of aromatic nitrogens is 2. The summed E-state index contributed by atoms with van der Waals surface area (Å²) in [6, 6.07) is 7.11. The molecule has 1 N–H and O–H groups in total. The third kappa shape index (κ3) is 2.68. The molecule has 5 heteroatoms. The number of hydrogen-bond donors (Lipinski definition) is 1. The summed E-state index contributed by atoms with van der Waals surface area (Å²) in [6.07, 6.45) is 6.19. The van der Waals surface area contributed by atoms with E-state index in [1.165, 1.54) is 18.5 Å². The topological polar surface area (TPSA) is 78.7 Å². The van der Waals surface area contributed by atoms with E-state index in [-0.39, 0.29) is 11.5 Å². The van der Waals surface area contributed by atoms with E-state index in [0.717, 1.165) is 5.56 Å². The second-order valence-electron chi connectivity index (χ2n) is 3.57. The van der Waals surface area contributed by atoms with Crippen molar-refractivity contribution in [3.8, 4) is 6.07 Å². The maximum absolute atomic E-state index is 11.9. The molecule has 0 aliphatic carbocycles. The van der Waals surface area contributed by atoms with Gasteiger partial charge in [0.1, 0.15) is 6.07 Å². The number of pyridine rings is 2. The molecule has 0 aliphatic rings. The molecule has 0 saturated heterocycles. The monoisotopic (exact) mass is 238 g/mol. The second-order valence-corrected chi connectivity index (χ2v) is 3.57. The molecule has 2 heterocycles. The molecule has 88 valence electrons. The average molecular weight is 238 g/mol. The van der Waals surface area contributed by atoms with Crippen molar-refractivity contribution >= 4 is 5.91 Å². The van der Waals surface area contributed by atoms with E-state index in [1.54, 1.807) is 12.4 Å². The van der Waals surface area contributed by atoms with E-state index in [1.807, 2.05) is 18.2 Å². The lowest BCUT2D eigenvalue weighted by Crippen LogP contribution is -2.23. The number of nitriles is 1.